The smallest absolute Gasteiger partial charge is 0.263 e. The summed E-state index contributed by atoms with van der Waals surface area (Å²) in [6.45, 7) is 2.39. The van der Waals surface area contributed by atoms with E-state index in [1.54, 1.807) is 22.0 Å². The number of rotatable bonds is 6. The fraction of sp³-hybridized carbons (Fsp3) is 0.381. The molecule has 3 aromatic rings. The van der Waals surface area contributed by atoms with Crippen molar-refractivity contribution in [1.29, 1.82) is 0 Å². The second kappa shape index (κ2) is 8.28. The number of carbonyl (C=O) groups excluding carboxylic acids is 1. The van der Waals surface area contributed by atoms with Gasteiger partial charge in [-0.2, -0.15) is 0 Å². The summed E-state index contributed by atoms with van der Waals surface area (Å²) in [7, 11) is 1.38. The lowest BCUT2D eigenvalue weighted by molar-refractivity contribution is 0.102. The molecule has 0 spiro atoms. The highest BCUT2D eigenvalue weighted by molar-refractivity contribution is 7.99. The van der Waals surface area contributed by atoms with Crippen molar-refractivity contribution in [3.8, 4) is 5.75 Å². The van der Waals surface area contributed by atoms with Gasteiger partial charge in [-0.25, -0.2) is 9.37 Å². The second-order valence-corrected chi connectivity index (χ2v) is 8.92. The van der Waals surface area contributed by atoms with Gasteiger partial charge in [0.05, 0.1) is 18.2 Å². The van der Waals surface area contributed by atoms with Crippen LogP contribution in [0.4, 0.5) is 4.39 Å². The fourth-order valence-corrected chi connectivity index (χ4v) is 5.92. The van der Waals surface area contributed by atoms with Gasteiger partial charge in [-0.1, -0.05) is 11.8 Å². The zero-order chi connectivity index (χ0) is 20.5. The lowest BCUT2D eigenvalue weighted by Gasteiger charge is -2.12. The molecule has 0 saturated carbocycles. The molecule has 1 aliphatic carbocycles. The van der Waals surface area contributed by atoms with Gasteiger partial charge in [0.1, 0.15) is 4.83 Å². The number of nitrogens with zero attached hydrogens (tertiary/aromatic N) is 2. The highest BCUT2D eigenvalue weighted by atomic mass is 32.2. The molecule has 5 nitrogen and oxygen atoms in total. The number of ether oxygens (including phenoxy) is 1. The Bertz CT molecular complexity index is 1150. The Balaban J connectivity index is 1.63. The minimum absolute atomic E-state index is 0.0256. The fourth-order valence-electron chi connectivity index (χ4n) is 3.66. The van der Waals surface area contributed by atoms with Crippen molar-refractivity contribution in [2.24, 2.45) is 0 Å². The molecule has 1 aromatic carbocycles. The Morgan fingerprint density at radius 3 is 2.86 bits per heavy atom. The van der Waals surface area contributed by atoms with E-state index in [2.05, 4.69) is 0 Å². The van der Waals surface area contributed by atoms with E-state index in [4.69, 9.17) is 9.72 Å². The maximum absolute atomic E-state index is 13.9. The number of carbonyl (C=O) groups is 1. The summed E-state index contributed by atoms with van der Waals surface area (Å²) in [5, 5.41) is 1.28. The number of aryl methyl sites for hydroxylation is 2. The molecule has 0 aliphatic heterocycles. The minimum atomic E-state index is -0.572. The molecular weight excluding hydrogens is 411 g/mol. The van der Waals surface area contributed by atoms with Gasteiger partial charge >= 0.3 is 0 Å². The molecule has 152 valence electrons. The summed E-state index contributed by atoms with van der Waals surface area (Å²) in [6, 6.07) is 4.16. The lowest BCUT2D eigenvalue weighted by atomic mass is 9.97. The van der Waals surface area contributed by atoms with Crippen molar-refractivity contribution in [3.05, 3.63) is 50.4 Å². The summed E-state index contributed by atoms with van der Waals surface area (Å²) >= 11 is 2.82. The average Bonchev–Trinajstić information content (AvgIpc) is 3.10. The quantitative estimate of drug-likeness (QED) is 0.327. The maximum Gasteiger partial charge on any atom is 0.263 e. The normalized spacial score (nSPS) is 13.5. The molecule has 0 saturated heterocycles. The van der Waals surface area contributed by atoms with Crippen molar-refractivity contribution < 1.29 is 13.9 Å². The SMILES string of the molecule is CCn1c(SCC(=O)c2ccc(OC)c(F)c2)nc2sc3c(c2c1=O)CCCC3. The molecule has 1 aliphatic rings. The number of ketones is 1. The van der Waals surface area contributed by atoms with Gasteiger partial charge in [0.25, 0.3) is 5.56 Å². The number of hydrogen-bond acceptors (Lipinski definition) is 6. The van der Waals surface area contributed by atoms with Crippen LogP contribution in [0.1, 0.15) is 40.6 Å². The monoisotopic (exact) mass is 432 g/mol. The Labute approximate surface area is 175 Å². The van der Waals surface area contributed by atoms with Crippen molar-refractivity contribution in [3.63, 3.8) is 0 Å². The largest absolute Gasteiger partial charge is 0.494 e. The van der Waals surface area contributed by atoms with Crippen molar-refractivity contribution in [2.75, 3.05) is 12.9 Å². The van der Waals surface area contributed by atoms with Crippen molar-refractivity contribution >= 4 is 39.1 Å². The number of halogens is 1. The van der Waals surface area contributed by atoms with Gasteiger partial charge in [0.15, 0.2) is 22.5 Å². The standard InChI is InChI=1S/C21H21FN2O3S2/c1-3-24-20(26)18-13-6-4-5-7-17(13)29-19(18)23-21(24)28-11-15(25)12-8-9-16(27-2)14(22)10-12/h8-10H,3-7,11H2,1-2H3. The van der Waals surface area contributed by atoms with Crippen LogP contribution in [-0.2, 0) is 19.4 Å². The maximum atomic E-state index is 13.9. The number of benzene rings is 1. The number of aromatic nitrogens is 2. The topological polar surface area (TPSA) is 61.2 Å². The molecule has 4 rings (SSSR count). The first-order valence-electron chi connectivity index (χ1n) is 9.58. The van der Waals surface area contributed by atoms with Crippen LogP contribution in [0, 0.1) is 5.82 Å². The number of thioether (sulfide) groups is 1. The molecular formula is C21H21FN2O3S2. The number of Topliss-reactive ketones (excluding diaryl/α,β-unsaturated/α-hetero) is 1. The van der Waals surface area contributed by atoms with E-state index in [0.717, 1.165) is 41.5 Å². The van der Waals surface area contributed by atoms with E-state index in [9.17, 15) is 14.0 Å². The van der Waals surface area contributed by atoms with Gasteiger partial charge in [0.2, 0.25) is 0 Å². The van der Waals surface area contributed by atoms with Gasteiger partial charge < -0.3 is 4.74 Å². The predicted molar refractivity (Wildman–Crippen MR) is 114 cm³/mol. The third-order valence-electron chi connectivity index (χ3n) is 5.16. The van der Waals surface area contributed by atoms with E-state index in [-0.39, 0.29) is 28.4 Å². The summed E-state index contributed by atoms with van der Waals surface area (Å²) < 4.78 is 20.4. The summed E-state index contributed by atoms with van der Waals surface area (Å²) in [6.07, 6.45) is 4.19. The summed E-state index contributed by atoms with van der Waals surface area (Å²) in [5.74, 6) is -0.617. The second-order valence-electron chi connectivity index (χ2n) is 6.90. The summed E-state index contributed by atoms with van der Waals surface area (Å²) in [4.78, 5) is 32.4. The van der Waals surface area contributed by atoms with Crippen LogP contribution < -0.4 is 10.3 Å². The van der Waals surface area contributed by atoms with Gasteiger partial charge in [-0.05, 0) is 56.4 Å². The van der Waals surface area contributed by atoms with Gasteiger partial charge in [0, 0.05) is 17.0 Å². The molecule has 0 N–H and O–H groups in total. The molecule has 0 atom stereocenters. The molecule has 29 heavy (non-hydrogen) atoms. The lowest BCUT2D eigenvalue weighted by Crippen LogP contribution is -2.23. The van der Waals surface area contributed by atoms with E-state index in [1.165, 1.54) is 35.9 Å². The minimum Gasteiger partial charge on any atom is -0.494 e. The third kappa shape index (κ3) is 3.71. The van der Waals surface area contributed by atoms with E-state index in [0.29, 0.717) is 11.7 Å². The Morgan fingerprint density at radius 2 is 2.14 bits per heavy atom. The number of methoxy groups -OCH3 is 1. The number of fused-ring (bicyclic) bond motifs is 3. The predicted octanol–water partition coefficient (Wildman–Crippen LogP) is 4.48. The Morgan fingerprint density at radius 1 is 1.34 bits per heavy atom. The molecule has 0 fully saturated rings. The van der Waals surface area contributed by atoms with Crippen LogP contribution in [0.5, 0.6) is 5.75 Å². The molecule has 2 heterocycles. The van der Waals surface area contributed by atoms with E-state index >= 15 is 0 Å². The molecule has 8 heteroatoms. The van der Waals surface area contributed by atoms with Crippen LogP contribution in [0.3, 0.4) is 0 Å². The first-order chi connectivity index (χ1) is 14.0. The molecule has 0 radical (unpaired) electrons. The zero-order valence-corrected chi connectivity index (χ0v) is 17.9. The first-order valence-corrected chi connectivity index (χ1v) is 11.4. The molecule has 0 amide bonds. The van der Waals surface area contributed by atoms with Gasteiger partial charge in [-0.15, -0.1) is 11.3 Å². The highest BCUT2D eigenvalue weighted by Crippen LogP contribution is 2.34. The molecule has 0 unspecified atom stereocenters. The Hall–Kier alpha value is -2.19. The van der Waals surface area contributed by atoms with Crippen LogP contribution in [0.2, 0.25) is 0 Å². The third-order valence-corrected chi connectivity index (χ3v) is 7.32. The number of hydrogen-bond donors (Lipinski definition) is 0. The molecule has 2 aromatic heterocycles. The van der Waals surface area contributed by atoms with Crippen LogP contribution in [0.25, 0.3) is 10.2 Å². The summed E-state index contributed by atoms with van der Waals surface area (Å²) in [5.41, 5.74) is 1.41. The van der Waals surface area contributed by atoms with Crippen LogP contribution >= 0.6 is 23.1 Å². The highest BCUT2D eigenvalue weighted by Gasteiger charge is 2.22. The Kier molecular flexibility index (Phi) is 5.74. The van der Waals surface area contributed by atoms with Crippen molar-refractivity contribution in [1.82, 2.24) is 9.55 Å². The number of thiophene rings is 1. The van der Waals surface area contributed by atoms with Crippen LogP contribution in [0.15, 0.2) is 28.2 Å². The van der Waals surface area contributed by atoms with E-state index in [1.807, 2.05) is 6.92 Å². The molecule has 0 bridgehead atoms. The van der Waals surface area contributed by atoms with Crippen LogP contribution in [-0.4, -0.2) is 28.2 Å². The van der Waals surface area contributed by atoms with E-state index < -0.39 is 5.82 Å². The average molecular weight is 433 g/mol. The van der Waals surface area contributed by atoms with Gasteiger partial charge in [-0.3, -0.25) is 14.2 Å². The van der Waals surface area contributed by atoms with Crippen molar-refractivity contribution in [2.45, 2.75) is 44.3 Å². The zero-order valence-electron chi connectivity index (χ0n) is 16.3. The first kappa shape index (κ1) is 20.1.